The summed E-state index contributed by atoms with van der Waals surface area (Å²) in [7, 11) is 0. The van der Waals surface area contributed by atoms with Crippen LogP contribution in [0.5, 0.6) is 11.5 Å². The first kappa shape index (κ1) is 19.8. The van der Waals surface area contributed by atoms with Crippen molar-refractivity contribution in [2.75, 3.05) is 6.79 Å². The summed E-state index contributed by atoms with van der Waals surface area (Å²) in [4.78, 5) is 26.9. The van der Waals surface area contributed by atoms with Crippen LogP contribution in [0.25, 0.3) is 11.4 Å². The van der Waals surface area contributed by atoms with Crippen LogP contribution in [0.1, 0.15) is 17.7 Å². The first-order valence-electron chi connectivity index (χ1n) is 9.06. The number of hydrogen-bond acceptors (Lipinski definition) is 6. The van der Waals surface area contributed by atoms with E-state index in [-0.39, 0.29) is 42.1 Å². The molecule has 4 rings (SSSR count). The van der Waals surface area contributed by atoms with Gasteiger partial charge in [0.25, 0.3) is 5.56 Å². The minimum Gasteiger partial charge on any atom is -0.454 e. The third-order valence-electron chi connectivity index (χ3n) is 4.47. The maximum Gasteiger partial charge on any atom is 0.273 e. The van der Waals surface area contributed by atoms with Crippen molar-refractivity contribution in [1.29, 1.82) is 0 Å². The average molecular weight is 431 g/mol. The van der Waals surface area contributed by atoms with E-state index in [1.807, 2.05) is 6.07 Å². The number of aromatic amines is 1. The Labute approximate surface area is 175 Å². The summed E-state index contributed by atoms with van der Waals surface area (Å²) in [5.41, 5.74) is 0.959. The molecular weight excluding hydrogens is 415 g/mol. The van der Waals surface area contributed by atoms with Gasteiger partial charge in [-0.2, -0.15) is 0 Å². The van der Waals surface area contributed by atoms with Gasteiger partial charge >= 0.3 is 0 Å². The second kappa shape index (κ2) is 8.50. The number of nitrogens with one attached hydrogen (secondary N) is 2. The summed E-state index contributed by atoms with van der Waals surface area (Å²) >= 11 is 5.75. The molecule has 2 N–H and O–H groups in total. The molecule has 0 saturated carbocycles. The number of carbonyl (C=O) groups is 1. The fourth-order valence-electron chi connectivity index (χ4n) is 2.87. The topological polar surface area (TPSA) is 106 Å². The highest BCUT2D eigenvalue weighted by Crippen LogP contribution is 2.32. The summed E-state index contributed by atoms with van der Waals surface area (Å²) in [6, 6.07) is 9.39. The molecule has 0 spiro atoms. The monoisotopic (exact) mass is 430 g/mol. The number of rotatable bonds is 6. The van der Waals surface area contributed by atoms with Crippen molar-refractivity contribution in [3.05, 3.63) is 68.8 Å². The summed E-state index contributed by atoms with van der Waals surface area (Å²) < 4.78 is 23.8. The van der Waals surface area contributed by atoms with Gasteiger partial charge in [-0.1, -0.05) is 17.7 Å². The van der Waals surface area contributed by atoms with E-state index in [4.69, 9.17) is 21.1 Å². The van der Waals surface area contributed by atoms with Crippen LogP contribution < -0.4 is 20.3 Å². The van der Waals surface area contributed by atoms with Crippen molar-refractivity contribution in [2.45, 2.75) is 19.4 Å². The molecule has 0 radical (unpaired) electrons. The number of amides is 1. The van der Waals surface area contributed by atoms with Crippen molar-refractivity contribution in [3.63, 3.8) is 0 Å². The fourth-order valence-corrected chi connectivity index (χ4v) is 3.05. The quantitative estimate of drug-likeness (QED) is 0.622. The van der Waals surface area contributed by atoms with E-state index in [0.717, 1.165) is 5.56 Å². The first-order chi connectivity index (χ1) is 14.5. The predicted molar refractivity (Wildman–Crippen MR) is 106 cm³/mol. The molecule has 1 aliphatic rings. The van der Waals surface area contributed by atoms with E-state index in [9.17, 15) is 14.0 Å². The average Bonchev–Trinajstić information content (AvgIpc) is 3.21. The van der Waals surface area contributed by atoms with Gasteiger partial charge in [0.2, 0.25) is 12.7 Å². The molecule has 1 aromatic heterocycles. The van der Waals surface area contributed by atoms with Gasteiger partial charge in [-0.05, 0) is 35.9 Å². The van der Waals surface area contributed by atoms with Crippen molar-refractivity contribution < 1.29 is 18.7 Å². The molecule has 1 aliphatic heterocycles. The van der Waals surface area contributed by atoms with E-state index in [0.29, 0.717) is 23.6 Å². The molecule has 3 aromatic rings. The summed E-state index contributed by atoms with van der Waals surface area (Å²) in [6.45, 7) is 0.509. The van der Waals surface area contributed by atoms with E-state index in [1.54, 1.807) is 12.1 Å². The highest BCUT2D eigenvalue weighted by molar-refractivity contribution is 6.31. The molecule has 2 heterocycles. The molecule has 154 valence electrons. The van der Waals surface area contributed by atoms with Crippen LogP contribution in [-0.2, 0) is 17.8 Å². The Morgan fingerprint density at radius 2 is 2.00 bits per heavy atom. The smallest absolute Gasteiger partial charge is 0.273 e. The second-order valence-corrected chi connectivity index (χ2v) is 6.95. The van der Waals surface area contributed by atoms with Crippen LogP contribution >= 0.6 is 11.6 Å². The molecule has 30 heavy (non-hydrogen) atoms. The lowest BCUT2D eigenvalue weighted by Gasteiger charge is -2.06. The Hall–Kier alpha value is -3.46. The van der Waals surface area contributed by atoms with Crippen molar-refractivity contribution in [3.8, 4) is 22.9 Å². The van der Waals surface area contributed by atoms with E-state index in [2.05, 4.69) is 20.5 Å². The number of H-pyrrole nitrogens is 1. The van der Waals surface area contributed by atoms with Crippen LogP contribution in [0.4, 0.5) is 4.39 Å². The number of halogens is 2. The van der Waals surface area contributed by atoms with Crippen LogP contribution in [0.2, 0.25) is 5.02 Å². The largest absolute Gasteiger partial charge is 0.454 e. The lowest BCUT2D eigenvalue weighted by atomic mass is 10.2. The standard InChI is InChI=1S/C20H16ClFN4O4/c21-13-8-12(2-3-14(13)22)19-24-20(28)15(25-26-19)4-6-18(27)23-9-11-1-5-16-17(7-11)30-10-29-16/h1-3,5,7-8H,4,6,9-10H2,(H,23,27)(H,24,26,28). The number of nitrogens with zero attached hydrogens (tertiary/aromatic N) is 2. The zero-order chi connectivity index (χ0) is 21.1. The van der Waals surface area contributed by atoms with Gasteiger partial charge in [0.15, 0.2) is 17.3 Å². The molecule has 0 fully saturated rings. The van der Waals surface area contributed by atoms with Gasteiger partial charge in [0, 0.05) is 24.9 Å². The van der Waals surface area contributed by atoms with Gasteiger partial charge in [-0.3, -0.25) is 9.59 Å². The minimum atomic E-state index is -0.570. The normalized spacial score (nSPS) is 12.1. The number of aromatic nitrogens is 3. The predicted octanol–water partition coefficient (Wildman–Crippen LogP) is 2.60. The summed E-state index contributed by atoms with van der Waals surface area (Å²) in [5, 5.41) is 10.5. The fraction of sp³-hybridized carbons (Fsp3) is 0.200. The molecule has 1 amide bonds. The molecule has 0 unspecified atom stereocenters. The van der Waals surface area contributed by atoms with Gasteiger partial charge in [-0.15, -0.1) is 10.2 Å². The van der Waals surface area contributed by atoms with Crippen LogP contribution in [0.3, 0.4) is 0 Å². The maximum absolute atomic E-state index is 13.3. The van der Waals surface area contributed by atoms with Crippen LogP contribution in [-0.4, -0.2) is 27.9 Å². The van der Waals surface area contributed by atoms with Crippen molar-refractivity contribution in [2.24, 2.45) is 0 Å². The Morgan fingerprint density at radius 3 is 2.80 bits per heavy atom. The molecule has 2 aromatic carbocycles. The van der Waals surface area contributed by atoms with E-state index >= 15 is 0 Å². The Bertz CT molecular complexity index is 1170. The number of benzene rings is 2. The number of aryl methyl sites for hydroxylation is 1. The third kappa shape index (κ3) is 4.41. The number of carbonyl (C=O) groups excluding carboxylic acids is 1. The van der Waals surface area contributed by atoms with E-state index < -0.39 is 11.4 Å². The SMILES string of the molecule is O=C(CCc1nnc(-c2ccc(F)c(Cl)c2)[nH]c1=O)NCc1ccc2c(c1)OCO2. The van der Waals surface area contributed by atoms with Crippen molar-refractivity contribution in [1.82, 2.24) is 20.5 Å². The first-order valence-corrected chi connectivity index (χ1v) is 9.44. The van der Waals surface area contributed by atoms with Crippen molar-refractivity contribution >= 4 is 17.5 Å². The minimum absolute atomic E-state index is 0.0734. The second-order valence-electron chi connectivity index (χ2n) is 6.54. The lowest BCUT2D eigenvalue weighted by Crippen LogP contribution is -2.25. The molecule has 0 atom stereocenters. The molecule has 10 heteroatoms. The van der Waals surface area contributed by atoms with Gasteiger partial charge in [-0.25, -0.2) is 4.39 Å². The third-order valence-corrected chi connectivity index (χ3v) is 4.76. The van der Waals surface area contributed by atoms with E-state index in [1.165, 1.54) is 18.2 Å². The number of hydrogen-bond donors (Lipinski definition) is 2. The Balaban J connectivity index is 1.33. The maximum atomic E-state index is 13.3. The lowest BCUT2D eigenvalue weighted by molar-refractivity contribution is -0.121. The highest BCUT2D eigenvalue weighted by Gasteiger charge is 2.14. The summed E-state index contributed by atoms with van der Waals surface area (Å²) in [5.74, 6) is 0.681. The van der Waals surface area contributed by atoms with Crippen LogP contribution in [0, 0.1) is 5.82 Å². The van der Waals surface area contributed by atoms with Gasteiger partial charge in [0.05, 0.1) is 5.02 Å². The number of fused-ring (bicyclic) bond motifs is 1. The van der Waals surface area contributed by atoms with Gasteiger partial charge < -0.3 is 19.8 Å². The van der Waals surface area contributed by atoms with Gasteiger partial charge in [0.1, 0.15) is 11.5 Å². The zero-order valence-electron chi connectivity index (χ0n) is 15.6. The number of ether oxygens (including phenoxy) is 2. The zero-order valence-corrected chi connectivity index (χ0v) is 16.3. The molecular formula is C20H16ClFN4O4. The molecule has 0 saturated heterocycles. The Morgan fingerprint density at radius 1 is 1.17 bits per heavy atom. The highest BCUT2D eigenvalue weighted by atomic mass is 35.5. The summed E-state index contributed by atoms with van der Waals surface area (Å²) in [6.07, 6.45) is 0.198. The molecule has 8 nitrogen and oxygen atoms in total. The Kier molecular flexibility index (Phi) is 5.62. The molecule has 0 bridgehead atoms. The van der Waals surface area contributed by atoms with Crippen LogP contribution in [0.15, 0.2) is 41.2 Å². The molecule has 0 aliphatic carbocycles.